The van der Waals surface area contributed by atoms with Gasteiger partial charge in [-0.15, -0.1) is 5.10 Å². The highest BCUT2D eigenvalue weighted by Crippen LogP contribution is 2.32. The summed E-state index contributed by atoms with van der Waals surface area (Å²) in [5.41, 5.74) is 0.561. The Balaban J connectivity index is 1.37. The fraction of sp³-hybridized carbons (Fsp3) is 0.600. The van der Waals surface area contributed by atoms with Crippen molar-refractivity contribution >= 4 is 33.4 Å². The molecular formula is C20H28N6O3S2. The lowest BCUT2D eigenvalue weighted by Crippen LogP contribution is -2.35. The first-order valence-electron chi connectivity index (χ1n) is 10.8. The van der Waals surface area contributed by atoms with E-state index in [-0.39, 0.29) is 10.8 Å². The normalized spacial score (nSPS) is 19.4. The maximum absolute atomic E-state index is 12.8. The van der Waals surface area contributed by atoms with Gasteiger partial charge in [0, 0.05) is 18.8 Å². The van der Waals surface area contributed by atoms with Crippen LogP contribution in [-0.4, -0.2) is 57.2 Å². The molecule has 2 aromatic rings. The van der Waals surface area contributed by atoms with E-state index in [1.54, 1.807) is 24.3 Å². The third kappa shape index (κ3) is 5.09. The topological polar surface area (TPSA) is 110 Å². The lowest BCUT2D eigenvalue weighted by molar-refractivity contribution is -0.115. The predicted molar refractivity (Wildman–Crippen MR) is 118 cm³/mol. The Bertz CT molecular complexity index is 996. The first-order valence-corrected chi connectivity index (χ1v) is 13.1. The molecule has 0 unspecified atom stereocenters. The number of amides is 1. The molecule has 11 heteroatoms. The van der Waals surface area contributed by atoms with Crippen LogP contribution >= 0.6 is 11.8 Å². The molecule has 1 aromatic carbocycles. The van der Waals surface area contributed by atoms with Crippen LogP contribution < -0.4 is 5.32 Å². The summed E-state index contributed by atoms with van der Waals surface area (Å²) in [6, 6.07) is 6.68. The third-order valence-electron chi connectivity index (χ3n) is 5.86. The van der Waals surface area contributed by atoms with E-state index in [1.165, 1.54) is 28.9 Å². The SMILES string of the molecule is C[C@H](Sc1nnnn1C1CCCC1)C(=O)Nc1ccc(S(=O)(=O)N2CCCCC2)cc1. The molecule has 1 aliphatic carbocycles. The molecule has 168 valence electrons. The minimum Gasteiger partial charge on any atom is -0.325 e. The number of tetrazole rings is 1. The standard InChI is InChI=1S/C20H28N6O3S2/c1-15(30-20-22-23-24-26(20)17-7-3-4-8-17)19(27)21-16-9-11-18(12-10-16)31(28,29)25-13-5-2-6-14-25/h9-12,15,17H,2-8,13-14H2,1H3,(H,21,27)/t15-/m0/s1. The highest BCUT2D eigenvalue weighted by Gasteiger charge is 2.27. The zero-order chi connectivity index (χ0) is 21.8. The van der Waals surface area contributed by atoms with Crippen LogP contribution in [0.2, 0.25) is 0 Å². The maximum atomic E-state index is 12.8. The van der Waals surface area contributed by atoms with Crippen LogP contribution in [0.1, 0.15) is 57.9 Å². The Kier molecular flexibility index (Phi) is 6.92. The molecule has 1 amide bonds. The van der Waals surface area contributed by atoms with Crippen LogP contribution in [0.3, 0.4) is 0 Å². The summed E-state index contributed by atoms with van der Waals surface area (Å²) in [4.78, 5) is 12.9. The number of carbonyl (C=O) groups is 1. The van der Waals surface area contributed by atoms with Crippen molar-refractivity contribution in [2.45, 2.75) is 73.2 Å². The number of carbonyl (C=O) groups excluding carboxylic acids is 1. The van der Waals surface area contributed by atoms with Crippen LogP contribution in [0.25, 0.3) is 0 Å². The summed E-state index contributed by atoms with van der Waals surface area (Å²) in [5, 5.41) is 15.1. The highest BCUT2D eigenvalue weighted by molar-refractivity contribution is 8.00. The van der Waals surface area contributed by atoms with Gasteiger partial charge in [0.25, 0.3) is 0 Å². The van der Waals surface area contributed by atoms with Gasteiger partial charge < -0.3 is 5.32 Å². The molecule has 1 N–H and O–H groups in total. The van der Waals surface area contributed by atoms with Crippen molar-refractivity contribution in [2.24, 2.45) is 0 Å². The number of rotatable bonds is 7. The number of anilines is 1. The van der Waals surface area contributed by atoms with Gasteiger partial charge in [0.15, 0.2) is 0 Å². The molecule has 0 spiro atoms. The van der Waals surface area contributed by atoms with Crippen molar-refractivity contribution in [3.8, 4) is 0 Å². The molecule has 1 saturated carbocycles. The van der Waals surface area contributed by atoms with Gasteiger partial charge in [-0.05, 0) is 67.3 Å². The number of piperidine rings is 1. The minimum absolute atomic E-state index is 0.183. The quantitative estimate of drug-likeness (QED) is 0.627. The maximum Gasteiger partial charge on any atom is 0.243 e. The molecule has 31 heavy (non-hydrogen) atoms. The molecule has 1 saturated heterocycles. The van der Waals surface area contributed by atoms with E-state index < -0.39 is 15.3 Å². The Morgan fingerprint density at radius 3 is 2.45 bits per heavy atom. The second-order valence-electron chi connectivity index (χ2n) is 8.08. The zero-order valence-corrected chi connectivity index (χ0v) is 19.2. The first-order chi connectivity index (χ1) is 14.9. The Morgan fingerprint density at radius 1 is 1.10 bits per heavy atom. The molecule has 0 bridgehead atoms. The summed E-state index contributed by atoms with van der Waals surface area (Å²) in [6.45, 7) is 2.94. The predicted octanol–water partition coefficient (Wildman–Crippen LogP) is 3.08. The van der Waals surface area contributed by atoms with E-state index in [0.29, 0.717) is 30.0 Å². The average Bonchev–Trinajstić information content (AvgIpc) is 3.46. The van der Waals surface area contributed by atoms with Gasteiger partial charge in [-0.1, -0.05) is 31.0 Å². The van der Waals surface area contributed by atoms with Gasteiger partial charge in [-0.25, -0.2) is 13.1 Å². The third-order valence-corrected chi connectivity index (χ3v) is 8.82. The van der Waals surface area contributed by atoms with Gasteiger partial charge >= 0.3 is 0 Å². The van der Waals surface area contributed by atoms with Crippen LogP contribution in [0.4, 0.5) is 5.69 Å². The molecule has 1 aliphatic heterocycles. The fourth-order valence-electron chi connectivity index (χ4n) is 4.06. The number of nitrogens with one attached hydrogen (secondary N) is 1. The lowest BCUT2D eigenvalue weighted by atomic mass is 10.2. The van der Waals surface area contributed by atoms with E-state index in [0.717, 1.165) is 32.1 Å². The summed E-state index contributed by atoms with van der Waals surface area (Å²) in [6.07, 6.45) is 7.33. The van der Waals surface area contributed by atoms with Gasteiger partial charge in [0.2, 0.25) is 21.1 Å². The molecular weight excluding hydrogens is 436 g/mol. The fourth-order valence-corrected chi connectivity index (χ4v) is 6.44. The Hall–Kier alpha value is -1.98. The minimum atomic E-state index is -3.48. The van der Waals surface area contributed by atoms with Gasteiger partial charge in [0.1, 0.15) is 0 Å². The van der Waals surface area contributed by atoms with Crippen LogP contribution in [0, 0.1) is 0 Å². The molecule has 2 fully saturated rings. The molecule has 0 radical (unpaired) electrons. The first kappa shape index (κ1) is 22.2. The van der Waals surface area contributed by atoms with Crippen LogP contribution in [0.15, 0.2) is 34.3 Å². The zero-order valence-electron chi connectivity index (χ0n) is 17.6. The molecule has 1 aromatic heterocycles. The number of aromatic nitrogens is 4. The second-order valence-corrected chi connectivity index (χ2v) is 11.3. The Morgan fingerprint density at radius 2 is 1.77 bits per heavy atom. The van der Waals surface area contributed by atoms with Gasteiger partial charge in [0.05, 0.1) is 16.2 Å². The molecule has 2 aliphatic rings. The largest absolute Gasteiger partial charge is 0.325 e. The summed E-state index contributed by atoms with van der Waals surface area (Å²) in [7, 11) is -3.48. The number of sulfonamides is 1. The summed E-state index contributed by atoms with van der Waals surface area (Å²) < 4.78 is 28.9. The highest BCUT2D eigenvalue weighted by atomic mass is 32.2. The van der Waals surface area contributed by atoms with Crippen molar-refractivity contribution in [3.05, 3.63) is 24.3 Å². The number of hydrogen-bond acceptors (Lipinski definition) is 7. The smallest absolute Gasteiger partial charge is 0.243 e. The number of thioether (sulfide) groups is 1. The van der Waals surface area contributed by atoms with Crippen LogP contribution in [-0.2, 0) is 14.8 Å². The van der Waals surface area contributed by atoms with Crippen molar-refractivity contribution in [1.82, 2.24) is 24.5 Å². The van der Waals surface area contributed by atoms with Crippen molar-refractivity contribution in [1.29, 1.82) is 0 Å². The van der Waals surface area contributed by atoms with Gasteiger partial charge in [-0.2, -0.15) is 4.31 Å². The van der Waals surface area contributed by atoms with E-state index >= 15 is 0 Å². The number of hydrogen-bond donors (Lipinski definition) is 1. The van der Waals surface area contributed by atoms with Crippen molar-refractivity contribution in [3.63, 3.8) is 0 Å². The van der Waals surface area contributed by atoms with E-state index in [2.05, 4.69) is 20.8 Å². The lowest BCUT2D eigenvalue weighted by Gasteiger charge is -2.25. The summed E-state index contributed by atoms with van der Waals surface area (Å²) >= 11 is 1.33. The molecule has 2 heterocycles. The molecule has 1 atom stereocenters. The number of benzene rings is 1. The van der Waals surface area contributed by atoms with Crippen LogP contribution in [0.5, 0.6) is 0 Å². The summed E-state index contributed by atoms with van der Waals surface area (Å²) in [5.74, 6) is -0.183. The van der Waals surface area contributed by atoms with E-state index in [4.69, 9.17) is 0 Å². The second kappa shape index (κ2) is 9.66. The molecule has 9 nitrogen and oxygen atoms in total. The monoisotopic (exact) mass is 464 g/mol. The number of nitrogens with zero attached hydrogens (tertiary/aromatic N) is 5. The Labute approximate surface area is 187 Å². The van der Waals surface area contributed by atoms with Crippen molar-refractivity contribution in [2.75, 3.05) is 18.4 Å². The molecule has 4 rings (SSSR count). The average molecular weight is 465 g/mol. The van der Waals surface area contributed by atoms with E-state index in [9.17, 15) is 13.2 Å². The van der Waals surface area contributed by atoms with E-state index in [1.807, 2.05) is 11.6 Å². The van der Waals surface area contributed by atoms with Gasteiger partial charge in [-0.3, -0.25) is 4.79 Å². The van der Waals surface area contributed by atoms with Crippen molar-refractivity contribution < 1.29 is 13.2 Å².